The van der Waals surface area contributed by atoms with Gasteiger partial charge >= 0.3 is 5.97 Å². The zero-order valence-corrected chi connectivity index (χ0v) is 22.2. The molecular weight excluding hydrogens is 508 g/mol. The fourth-order valence-electron chi connectivity index (χ4n) is 5.11. The van der Waals surface area contributed by atoms with Crippen LogP contribution >= 0.6 is 0 Å². The van der Waals surface area contributed by atoms with Gasteiger partial charge in [0.15, 0.2) is 0 Å². The van der Waals surface area contributed by atoms with Gasteiger partial charge in [-0.15, -0.1) is 0 Å². The lowest BCUT2D eigenvalue weighted by Crippen LogP contribution is -2.40. The van der Waals surface area contributed by atoms with Gasteiger partial charge in [-0.3, -0.25) is 9.59 Å². The number of benzene rings is 3. The number of carbonyl (C=O) groups is 3. The summed E-state index contributed by atoms with van der Waals surface area (Å²) in [5.41, 5.74) is 4.75. The second kappa shape index (κ2) is 11.7. The van der Waals surface area contributed by atoms with Crippen molar-refractivity contribution in [2.75, 3.05) is 36.8 Å². The second-order valence-electron chi connectivity index (χ2n) is 10.1. The van der Waals surface area contributed by atoms with Crippen LogP contribution < -0.4 is 16.0 Å². The number of anilines is 2. The SMILES string of the molecule is Cc1cc2c(cc1C(=O)O)NC(=O)C2=C(Nc1ccc(C(=O)NCCN2CCC(O)CC2)cc1)c1ccccc1. The fraction of sp³-hybridized carbons (Fsp3) is 0.258. The zero-order chi connectivity index (χ0) is 28.2. The minimum absolute atomic E-state index is 0.137. The van der Waals surface area contributed by atoms with Gasteiger partial charge in [-0.2, -0.15) is 0 Å². The molecule has 2 heterocycles. The van der Waals surface area contributed by atoms with Gasteiger partial charge in [0.25, 0.3) is 11.8 Å². The van der Waals surface area contributed by atoms with E-state index in [4.69, 9.17) is 0 Å². The van der Waals surface area contributed by atoms with E-state index in [0.29, 0.717) is 45.9 Å². The highest BCUT2D eigenvalue weighted by atomic mass is 16.4. The van der Waals surface area contributed by atoms with Crippen LogP contribution in [0, 0.1) is 6.92 Å². The molecule has 0 aliphatic carbocycles. The summed E-state index contributed by atoms with van der Waals surface area (Å²) >= 11 is 0. The molecule has 3 aromatic rings. The molecule has 0 saturated carbocycles. The number of nitrogens with one attached hydrogen (secondary N) is 3. The Morgan fingerprint density at radius 3 is 2.38 bits per heavy atom. The fourth-order valence-corrected chi connectivity index (χ4v) is 5.11. The van der Waals surface area contributed by atoms with Crippen molar-refractivity contribution in [3.8, 4) is 0 Å². The molecule has 0 bridgehead atoms. The van der Waals surface area contributed by atoms with E-state index >= 15 is 0 Å². The number of fused-ring (bicyclic) bond motifs is 1. The Balaban J connectivity index is 1.36. The van der Waals surface area contributed by atoms with E-state index in [1.54, 1.807) is 37.3 Å². The number of carboxylic acids is 1. The highest BCUT2D eigenvalue weighted by molar-refractivity contribution is 6.37. The van der Waals surface area contributed by atoms with Crippen LogP contribution in [-0.4, -0.2) is 65.2 Å². The molecule has 9 heteroatoms. The summed E-state index contributed by atoms with van der Waals surface area (Å²) in [5, 5.41) is 28.3. The number of likely N-dealkylation sites (tertiary alicyclic amines) is 1. The number of rotatable bonds is 8. The van der Waals surface area contributed by atoms with Crippen molar-refractivity contribution in [3.05, 3.63) is 94.5 Å². The van der Waals surface area contributed by atoms with Gasteiger partial charge in [0, 0.05) is 43.0 Å². The molecular formula is C31H32N4O5. The van der Waals surface area contributed by atoms with Gasteiger partial charge in [-0.1, -0.05) is 30.3 Å². The molecule has 1 saturated heterocycles. The van der Waals surface area contributed by atoms with Crippen molar-refractivity contribution in [2.24, 2.45) is 0 Å². The molecule has 3 aromatic carbocycles. The molecule has 0 radical (unpaired) electrons. The monoisotopic (exact) mass is 540 g/mol. The summed E-state index contributed by atoms with van der Waals surface area (Å²) in [4.78, 5) is 39.7. The van der Waals surface area contributed by atoms with E-state index < -0.39 is 5.97 Å². The van der Waals surface area contributed by atoms with Crippen LogP contribution in [-0.2, 0) is 4.79 Å². The standard InChI is InChI=1S/C31H32N4O5/c1-19-17-25-26(18-24(19)31(39)40)34-30(38)27(25)28(20-5-3-2-4-6-20)33-22-9-7-21(8-10-22)29(37)32-13-16-35-14-11-23(36)12-15-35/h2-10,17-18,23,33,36H,11-16H2,1H3,(H,32,37)(H,34,38)(H,39,40). The summed E-state index contributed by atoms with van der Waals surface area (Å²) in [6.45, 7) is 4.64. The van der Waals surface area contributed by atoms with E-state index in [9.17, 15) is 24.6 Å². The van der Waals surface area contributed by atoms with Gasteiger partial charge in [0.05, 0.1) is 28.6 Å². The Morgan fingerprint density at radius 1 is 1.00 bits per heavy atom. The summed E-state index contributed by atoms with van der Waals surface area (Å²) in [6, 6.07) is 19.7. The third-order valence-corrected chi connectivity index (χ3v) is 7.34. The lowest BCUT2D eigenvalue weighted by Gasteiger charge is -2.29. The molecule has 0 unspecified atom stereocenters. The summed E-state index contributed by atoms with van der Waals surface area (Å²) in [7, 11) is 0. The average molecular weight is 541 g/mol. The molecule has 2 aliphatic rings. The van der Waals surface area contributed by atoms with Crippen LogP contribution in [0.1, 0.15) is 50.2 Å². The second-order valence-corrected chi connectivity index (χ2v) is 10.1. The van der Waals surface area contributed by atoms with Gasteiger partial charge < -0.3 is 31.1 Å². The zero-order valence-electron chi connectivity index (χ0n) is 22.2. The number of aliphatic hydroxyl groups is 1. The van der Waals surface area contributed by atoms with Crippen LogP contribution in [0.2, 0.25) is 0 Å². The molecule has 2 amide bonds. The highest BCUT2D eigenvalue weighted by Gasteiger charge is 2.30. The van der Waals surface area contributed by atoms with E-state index in [1.807, 2.05) is 30.3 Å². The van der Waals surface area contributed by atoms with Crippen molar-refractivity contribution in [1.29, 1.82) is 0 Å². The quantitative estimate of drug-likeness (QED) is 0.275. The van der Waals surface area contributed by atoms with Crippen molar-refractivity contribution in [2.45, 2.75) is 25.9 Å². The van der Waals surface area contributed by atoms with Crippen molar-refractivity contribution in [3.63, 3.8) is 0 Å². The molecule has 5 N–H and O–H groups in total. The molecule has 206 valence electrons. The first-order valence-electron chi connectivity index (χ1n) is 13.3. The first-order chi connectivity index (χ1) is 19.3. The average Bonchev–Trinajstić information content (AvgIpc) is 3.27. The molecule has 0 aromatic heterocycles. The molecule has 2 aliphatic heterocycles. The number of carbonyl (C=O) groups excluding carboxylic acids is 2. The highest BCUT2D eigenvalue weighted by Crippen LogP contribution is 2.39. The number of aryl methyl sites for hydroxylation is 1. The number of piperidine rings is 1. The number of aromatic carboxylic acids is 1. The maximum absolute atomic E-state index is 13.2. The number of hydrogen-bond donors (Lipinski definition) is 5. The molecule has 0 atom stereocenters. The van der Waals surface area contributed by atoms with Gasteiger partial charge in [-0.25, -0.2) is 4.79 Å². The van der Waals surface area contributed by atoms with Crippen LogP contribution in [0.4, 0.5) is 11.4 Å². The predicted octanol–water partition coefficient (Wildman–Crippen LogP) is 3.81. The number of amides is 2. The van der Waals surface area contributed by atoms with E-state index in [2.05, 4.69) is 20.9 Å². The molecule has 9 nitrogen and oxygen atoms in total. The van der Waals surface area contributed by atoms with Crippen LogP contribution in [0.25, 0.3) is 11.3 Å². The number of hydrogen-bond acceptors (Lipinski definition) is 6. The first kappa shape index (κ1) is 27.1. The lowest BCUT2D eigenvalue weighted by atomic mass is 9.96. The van der Waals surface area contributed by atoms with E-state index in [1.165, 1.54) is 6.07 Å². The van der Waals surface area contributed by atoms with Crippen LogP contribution in [0.5, 0.6) is 0 Å². The topological polar surface area (TPSA) is 131 Å². The van der Waals surface area contributed by atoms with Crippen molar-refractivity contribution >= 4 is 40.4 Å². The number of nitrogens with zero attached hydrogens (tertiary/aromatic N) is 1. The lowest BCUT2D eigenvalue weighted by molar-refractivity contribution is -0.110. The van der Waals surface area contributed by atoms with Gasteiger partial charge in [-0.05, 0) is 67.3 Å². The minimum Gasteiger partial charge on any atom is -0.478 e. The Kier molecular flexibility index (Phi) is 7.95. The van der Waals surface area contributed by atoms with E-state index in [-0.39, 0.29) is 23.5 Å². The summed E-state index contributed by atoms with van der Waals surface area (Å²) < 4.78 is 0. The Hall–Kier alpha value is -4.47. The Morgan fingerprint density at radius 2 is 1.70 bits per heavy atom. The minimum atomic E-state index is -1.05. The van der Waals surface area contributed by atoms with Gasteiger partial charge in [0.1, 0.15) is 0 Å². The molecule has 1 fully saturated rings. The van der Waals surface area contributed by atoms with Crippen LogP contribution in [0.3, 0.4) is 0 Å². The number of aliphatic hydroxyl groups excluding tert-OH is 1. The third kappa shape index (κ3) is 5.90. The Bertz CT molecular complexity index is 1460. The summed E-state index contributed by atoms with van der Waals surface area (Å²) in [5.74, 6) is -1.55. The summed E-state index contributed by atoms with van der Waals surface area (Å²) in [6.07, 6.45) is 1.31. The third-order valence-electron chi connectivity index (χ3n) is 7.34. The normalized spacial score (nSPS) is 16.7. The maximum Gasteiger partial charge on any atom is 0.336 e. The molecule has 0 spiro atoms. The Labute approximate surface area is 232 Å². The largest absolute Gasteiger partial charge is 0.478 e. The molecule has 40 heavy (non-hydrogen) atoms. The van der Waals surface area contributed by atoms with E-state index in [0.717, 1.165) is 38.0 Å². The smallest absolute Gasteiger partial charge is 0.336 e. The predicted molar refractivity (Wildman–Crippen MR) is 154 cm³/mol. The number of carboxylic acid groups (broad SMARTS) is 1. The maximum atomic E-state index is 13.2. The molecule has 5 rings (SSSR count). The van der Waals surface area contributed by atoms with Gasteiger partial charge in [0.2, 0.25) is 0 Å². The van der Waals surface area contributed by atoms with Crippen molar-refractivity contribution in [1.82, 2.24) is 10.2 Å². The first-order valence-corrected chi connectivity index (χ1v) is 13.3. The van der Waals surface area contributed by atoms with Crippen LogP contribution in [0.15, 0.2) is 66.7 Å². The van der Waals surface area contributed by atoms with Crippen molar-refractivity contribution < 1.29 is 24.6 Å².